The van der Waals surface area contributed by atoms with Gasteiger partial charge in [0, 0.05) is 30.8 Å². The molecule has 0 atom stereocenters. The number of pyridine rings is 1. The fourth-order valence-corrected chi connectivity index (χ4v) is 2.75. The molecule has 0 spiro atoms. The van der Waals surface area contributed by atoms with Gasteiger partial charge in [-0.15, -0.1) is 0 Å². The molecule has 0 fully saturated rings. The Morgan fingerprint density at radius 1 is 1.15 bits per heavy atom. The van der Waals surface area contributed by atoms with Crippen LogP contribution in [-0.2, 0) is 6.42 Å². The van der Waals surface area contributed by atoms with E-state index in [0.717, 1.165) is 24.3 Å². The molecule has 2 aromatic heterocycles. The van der Waals surface area contributed by atoms with Crippen molar-refractivity contribution in [3.63, 3.8) is 0 Å². The first kappa shape index (κ1) is 11.2. The fraction of sp³-hybridized carbons (Fsp3) is 0.125. The predicted octanol–water partition coefficient (Wildman–Crippen LogP) is 2.54. The van der Waals surface area contributed by atoms with Crippen LogP contribution in [0.1, 0.15) is 15.9 Å². The Hall–Kier alpha value is -2.62. The number of carbonyl (C=O) groups is 1. The lowest BCUT2D eigenvalue weighted by atomic mass is 10.2. The van der Waals surface area contributed by atoms with Crippen LogP contribution in [0.3, 0.4) is 0 Å². The Bertz CT molecular complexity index is 806. The van der Waals surface area contributed by atoms with Gasteiger partial charge in [-0.2, -0.15) is 0 Å². The molecule has 4 rings (SSSR count). The zero-order valence-electron chi connectivity index (χ0n) is 10.9. The van der Waals surface area contributed by atoms with E-state index in [9.17, 15) is 4.79 Å². The summed E-state index contributed by atoms with van der Waals surface area (Å²) in [5, 5.41) is 0. The van der Waals surface area contributed by atoms with Gasteiger partial charge in [0.15, 0.2) is 0 Å². The molecule has 4 nitrogen and oxygen atoms in total. The summed E-state index contributed by atoms with van der Waals surface area (Å²) < 4.78 is 1.87. The van der Waals surface area contributed by atoms with E-state index in [-0.39, 0.29) is 5.91 Å². The number of amides is 1. The summed E-state index contributed by atoms with van der Waals surface area (Å²) in [5.74, 6) is 0.0468. The molecule has 0 bridgehead atoms. The van der Waals surface area contributed by atoms with E-state index in [1.54, 1.807) is 6.20 Å². The molecule has 0 N–H and O–H groups in total. The van der Waals surface area contributed by atoms with Crippen LogP contribution < -0.4 is 4.90 Å². The van der Waals surface area contributed by atoms with E-state index >= 15 is 0 Å². The summed E-state index contributed by atoms with van der Waals surface area (Å²) in [6.07, 6.45) is 6.35. The molecular weight excluding hydrogens is 250 g/mol. The molecule has 4 heteroatoms. The second-order valence-electron chi connectivity index (χ2n) is 4.95. The summed E-state index contributed by atoms with van der Waals surface area (Å²) in [5.41, 5.74) is 3.81. The highest BCUT2D eigenvalue weighted by Crippen LogP contribution is 2.28. The Morgan fingerprint density at radius 3 is 3.00 bits per heavy atom. The topological polar surface area (TPSA) is 37.6 Å². The molecule has 1 aromatic carbocycles. The van der Waals surface area contributed by atoms with Crippen molar-refractivity contribution in [1.82, 2.24) is 9.38 Å². The zero-order chi connectivity index (χ0) is 13.5. The van der Waals surface area contributed by atoms with Crippen molar-refractivity contribution in [3.8, 4) is 0 Å². The van der Waals surface area contributed by atoms with Crippen LogP contribution in [0, 0.1) is 0 Å². The molecule has 98 valence electrons. The highest BCUT2D eigenvalue weighted by atomic mass is 16.2. The average molecular weight is 263 g/mol. The monoisotopic (exact) mass is 263 g/mol. The Balaban J connectivity index is 1.74. The Morgan fingerprint density at radius 2 is 2.05 bits per heavy atom. The fourth-order valence-electron chi connectivity index (χ4n) is 2.75. The number of aromatic nitrogens is 2. The van der Waals surface area contributed by atoms with Gasteiger partial charge in [-0.05, 0) is 30.2 Å². The quantitative estimate of drug-likeness (QED) is 0.676. The number of benzene rings is 1. The van der Waals surface area contributed by atoms with Crippen LogP contribution in [0.15, 0.2) is 55.0 Å². The minimum atomic E-state index is 0.0468. The normalized spacial score (nSPS) is 13.7. The van der Waals surface area contributed by atoms with Gasteiger partial charge in [0.25, 0.3) is 5.91 Å². The number of hydrogen-bond acceptors (Lipinski definition) is 2. The zero-order valence-corrected chi connectivity index (χ0v) is 10.9. The van der Waals surface area contributed by atoms with Gasteiger partial charge in [-0.25, -0.2) is 4.98 Å². The van der Waals surface area contributed by atoms with E-state index in [0.29, 0.717) is 5.56 Å². The molecule has 0 saturated carbocycles. The number of para-hydroxylation sites is 1. The van der Waals surface area contributed by atoms with E-state index in [4.69, 9.17) is 0 Å². The number of anilines is 1. The van der Waals surface area contributed by atoms with E-state index in [2.05, 4.69) is 11.1 Å². The van der Waals surface area contributed by atoms with Crippen molar-refractivity contribution in [3.05, 3.63) is 66.1 Å². The van der Waals surface area contributed by atoms with Crippen molar-refractivity contribution < 1.29 is 4.79 Å². The van der Waals surface area contributed by atoms with Gasteiger partial charge in [0.1, 0.15) is 5.65 Å². The molecular formula is C16H13N3O. The first-order valence-electron chi connectivity index (χ1n) is 6.65. The van der Waals surface area contributed by atoms with Crippen LogP contribution in [0.4, 0.5) is 5.69 Å². The smallest absolute Gasteiger partial charge is 0.259 e. The first-order valence-corrected chi connectivity index (χ1v) is 6.65. The van der Waals surface area contributed by atoms with E-state index in [1.807, 2.05) is 52.0 Å². The molecule has 0 aliphatic carbocycles. The lowest BCUT2D eigenvalue weighted by Crippen LogP contribution is -2.29. The van der Waals surface area contributed by atoms with Gasteiger partial charge in [0.05, 0.1) is 5.56 Å². The van der Waals surface area contributed by atoms with Crippen molar-refractivity contribution in [1.29, 1.82) is 0 Å². The van der Waals surface area contributed by atoms with E-state index < -0.39 is 0 Å². The molecule has 1 aliphatic heterocycles. The maximum atomic E-state index is 12.7. The summed E-state index contributed by atoms with van der Waals surface area (Å²) in [6.45, 7) is 0.750. The molecule has 3 heterocycles. The van der Waals surface area contributed by atoms with Gasteiger partial charge < -0.3 is 9.30 Å². The minimum absolute atomic E-state index is 0.0468. The van der Waals surface area contributed by atoms with Crippen molar-refractivity contribution >= 4 is 17.2 Å². The van der Waals surface area contributed by atoms with Crippen molar-refractivity contribution in [2.75, 3.05) is 11.4 Å². The second-order valence-corrected chi connectivity index (χ2v) is 4.95. The molecule has 3 aromatic rings. The lowest BCUT2D eigenvalue weighted by molar-refractivity contribution is 0.0989. The highest BCUT2D eigenvalue weighted by molar-refractivity contribution is 6.07. The number of imidazole rings is 1. The van der Waals surface area contributed by atoms with Gasteiger partial charge in [-0.3, -0.25) is 4.79 Å². The van der Waals surface area contributed by atoms with Gasteiger partial charge >= 0.3 is 0 Å². The summed E-state index contributed by atoms with van der Waals surface area (Å²) in [4.78, 5) is 18.7. The average Bonchev–Trinajstić information content (AvgIpc) is 3.12. The van der Waals surface area contributed by atoms with E-state index in [1.165, 1.54) is 5.56 Å². The largest absolute Gasteiger partial charge is 0.308 e. The molecule has 0 unspecified atom stereocenters. The third-order valence-corrected chi connectivity index (χ3v) is 3.77. The maximum Gasteiger partial charge on any atom is 0.259 e. The van der Waals surface area contributed by atoms with Crippen LogP contribution in [-0.4, -0.2) is 21.8 Å². The molecule has 1 aliphatic rings. The Kier molecular flexibility index (Phi) is 2.36. The van der Waals surface area contributed by atoms with Crippen molar-refractivity contribution in [2.24, 2.45) is 0 Å². The van der Waals surface area contributed by atoms with Crippen molar-refractivity contribution in [2.45, 2.75) is 6.42 Å². The minimum Gasteiger partial charge on any atom is -0.308 e. The van der Waals surface area contributed by atoms with Crippen LogP contribution in [0.2, 0.25) is 0 Å². The van der Waals surface area contributed by atoms with Crippen LogP contribution in [0.5, 0.6) is 0 Å². The Labute approximate surface area is 116 Å². The van der Waals surface area contributed by atoms with Crippen LogP contribution in [0.25, 0.3) is 5.65 Å². The maximum absolute atomic E-state index is 12.7. The summed E-state index contributed by atoms with van der Waals surface area (Å²) >= 11 is 0. The summed E-state index contributed by atoms with van der Waals surface area (Å²) in [7, 11) is 0. The van der Waals surface area contributed by atoms with Crippen LogP contribution >= 0.6 is 0 Å². The number of fused-ring (bicyclic) bond motifs is 2. The number of rotatable bonds is 1. The van der Waals surface area contributed by atoms with Gasteiger partial charge in [0.2, 0.25) is 0 Å². The standard InChI is InChI=1S/C16H13N3O/c20-16(13-5-6-15-17-8-10-18(15)11-13)19-9-7-12-3-1-2-4-14(12)19/h1-6,8,10-11H,7,9H2. The number of hydrogen-bond donors (Lipinski definition) is 0. The third kappa shape index (κ3) is 1.61. The number of nitrogens with zero attached hydrogens (tertiary/aromatic N) is 3. The number of carbonyl (C=O) groups excluding carboxylic acids is 1. The molecule has 0 radical (unpaired) electrons. The lowest BCUT2D eigenvalue weighted by Gasteiger charge is -2.17. The SMILES string of the molecule is O=C(c1ccc2nccn2c1)N1CCc2ccccc21. The molecule has 20 heavy (non-hydrogen) atoms. The van der Waals surface area contributed by atoms with Gasteiger partial charge in [-0.1, -0.05) is 18.2 Å². The molecule has 0 saturated heterocycles. The first-order chi connectivity index (χ1) is 9.83. The molecule has 1 amide bonds. The predicted molar refractivity (Wildman–Crippen MR) is 77.0 cm³/mol. The second kappa shape index (κ2) is 4.20. The third-order valence-electron chi connectivity index (χ3n) is 3.77. The summed E-state index contributed by atoms with van der Waals surface area (Å²) in [6, 6.07) is 11.8. The highest BCUT2D eigenvalue weighted by Gasteiger charge is 2.25.